The highest BCUT2D eigenvalue weighted by atomic mass is 32.2. The second-order valence-electron chi connectivity index (χ2n) is 6.82. The summed E-state index contributed by atoms with van der Waals surface area (Å²) < 4.78 is 30.4. The second-order valence-corrected chi connectivity index (χ2v) is 8.68. The summed E-state index contributed by atoms with van der Waals surface area (Å²) in [6.07, 6.45) is 1.70. The molecule has 0 saturated carbocycles. The first-order valence-electron chi connectivity index (χ1n) is 8.56. The first kappa shape index (κ1) is 19.1. The van der Waals surface area contributed by atoms with Crippen molar-refractivity contribution >= 4 is 27.5 Å². The molecule has 2 aromatic carbocycles. The van der Waals surface area contributed by atoms with Crippen molar-refractivity contribution in [3.8, 4) is 0 Å². The third kappa shape index (κ3) is 4.03. The van der Waals surface area contributed by atoms with E-state index in [1.54, 1.807) is 42.5 Å². The van der Waals surface area contributed by atoms with E-state index in [-0.39, 0.29) is 18.4 Å². The minimum Gasteiger partial charge on any atom is -0.454 e. The number of carbonyl (C=O) groups is 2. The lowest BCUT2D eigenvalue weighted by Crippen LogP contribution is -2.34. The third-order valence-electron chi connectivity index (χ3n) is 4.53. The first-order valence-corrected chi connectivity index (χ1v) is 10.4. The molecule has 0 N–H and O–H groups in total. The van der Waals surface area contributed by atoms with Gasteiger partial charge in [-0.3, -0.25) is 9.10 Å². The third-order valence-corrected chi connectivity index (χ3v) is 5.80. The molecule has 0 aromatic heterocycles. The van der Waals surface area contributed by atoms with Crippen LogP contribution in [0.2, 0.25) is 0 Å². The van der Waals surface area contributed by atoms with E-state index < -0.39 is 16.0 Å². The molecule has 0 bridgehead atoms. The van der Waals surface area contributed by atoms with Crippen LogP contribution in [0.15, 0.2) is 42.5 Å². The molecule has 3 rings (SSSR count). The van der Waals surface area contributed by atoms with Gasteiger partial charge in [0.05, 0.1) is 17.5 Å². The maximum atomic E-state index is 12.4. The Hall–Kier alpha value is -2.67. The number of ketones is 1. The van der Waals surface area contributed by atoms with Crippen LogP contribution in [0.5, 0.6) is 0 Å². The number of fused-ring (bicyclic) bond motifs is 1. The van der Waals surface area contributed by atoms with Crippen LogP contribution in [0.4, 0.5) is 5.69 Å². The zero-order chi connectivity index (χ0) is 19.8. The quantitative estimate of drug-likeness (QED) is 0.582. The summed E-state index contributed by atoms with van der Waals surface area (Å²) in [6, 6.07) is 11.6. The standard InChI is InChI=1S/C20H21NO5S/c1-13-4-6-15(7-5-13)20(23)26-12-19(22)16-8-9-18-17(11-16)10-14(2)21(18)27(3,24)25/h4-9,11,14H,10,12H2,1-3H3/t14-/m1/s1. The van der Waals surface area contributed by atoms with Crippen LogP contribution in [0, 0.1) is 6.92 Å². The Morgan fingerprint density at radius 1 is 1.11 bits per heavy atom. The summed E-state index contributed by atoms with van der Waals surface area (Å²) in [6.45, 7) is 3.38. The van der Waals surface area contributed by atoms with E-state index in [2.05, 4.69) is 0 Å². The summed E-state index contributed by atoms with van der Waals surface area (Å²) in [5.74, 6) is -0.884. The Labute approximate surface area is 158 Å². The molecule has 1 atom stereocenters. The lowest BCUT2D eigenvalue weighted by Gasteiger charge is -2.21. The van der Waals surface area contributed by atoms with Gasteiger partial charge in [-0.2, -0.15) is 0 Å². The van der Waals surface area contributed by atoms with Crippen molar-refractivity contribution in [1.82, 2.24) is 0 Å². The molecule has 27 heavy (non-hydrogen) atoms. The predicted molar refractivity (Wildman–Crippen MR) is 103 cm³/mol. The van der Waals surface area contributed by atoms with Crippen LogP contribution in [0.25, 0.3) is 0 Å². The van der Waals surface area contributed by atoms with E-state index in [4.69, 9.17) is 4.74 Å². The highest BCUT2D eigenvalue weighted by Crippen LogP contribution is 2.34. The lowest BCUT2D eigenvalue weighted by molar-refractivity contribution is 0.0474. The van der Waals surface area contributed by atoms with Crippen LogP contribution in [-0.4, -0.2) is 39.1 Å². The SMILES string of the molecule is Cc1ccc(C(=O)OCC(=O)c2ccc3c(c2)C[C@@H](C)N3S(C)(=O)=O)cc1. The highest BCUT2D eigenvalue weighted by molar-refractivity contribution is 7.92. The summed E-state index contributed by atoms with van der Waals surface area (Å²) in [7, 11) is -3.37. The fraction of sp³-hybridized carbons (Fsp3) is 0.300. The Morgan fingerprint density at radius 2 is 1.74 bits per heavy atom. The Morgan fingerprint density at radius 3 is 2.37 bits per heavy atom. The fourth-order valence-corrected chi connectivity index (χ4v) is 4.53. The molecule has 1 aliphatic rings. The van der Waals surface area contributed by atoms with Crippen molar-refractivity contribution in [1.29, 1.82) is 0 Å². The minimum absolute atomic E-state index is 0.195. The molecule has 0 unspecified atom stereocenters. The summed E-state index contributed by atoms with van der Waals surface area (Å²) in [5.41, 5.74) is 3.20. The van der Waals surface area contributed by atoms with Crippen molar-refractivity contribution in [2.75, 3.05) is 17.2 Å². The Kier molecular flexibility index (Phi) is 5.06. The molecule has 1 heterocycles. The summed E-state index contributed by atoms with van der Waals surface area (Å²) >= 11 is 0. The average molecular weight is 387 g/mol. The maximum Gasteiger partial charge on any atom is 0.338 e. The van der Waals surface area contributed by atoms with Gasteiger partial charge in [0.2, 0.25) is 10.0 Å². The molecule has 0 amide bonds. The number of sulfonamides is 1. The molecule has 0 radical (unpaired) electrons. The number of ether oxygens (including phenoxy) is 1. The van der Waals surface area contributed by atoms with Gasteiger partial charge >= 0.3 is 5.97 Å². The van der Waals surface area contributed by atoms with Crippen molar-refractivity contribution in [2.45, 2.75) is 26.3 Å². The van der Waals surface area contributed by atoms with Crippen LogP contribution >= 0.6 is 0 Å². The topological polar surface area (TPSA) is 80.8 Å². The number of esters is 1. The number of nitrogens with zero attached hydrogens (tertiary/aromatic N) is 1. The minimum atomic E-state index is -3.37. The van der Waals surface area contributed by atoms with E-state index in [0.717, 1.165) is 11.1 Å². The normalized spacial score (nSPS) is 16.1. The fourth-order valence-electron chi connectivity index (χ4n) is 3.27. The molecule has 142 valence electrons. The summed E-state index contributed by atoms with van der Waals surface area (Å²) in [5, 5.41) is 0. The van der Waals surface area contributed by atoms with E-state index in [9.17, 15) is 18.0 Å². The number of anilines is 1. The molecule has 0 saturated heterocycles. The van der Waals surface area contributed by atoms with Gasteiger partial charge in [-0.05, 0) is 56.2 Å². The van der Waals surface area contributed by atoms with Gasteiger partial charge in [0, 0.05) is 11.6 Å². The number of Topliss-reactive ketones (excluding diaryl/α,β-unsaturated/α-hetero) is 1. The van der Waals surface area contributed by atoms with Gasteiger partial charge in [0.25, 0.3) is 0 Å². The largest absolute Gasteiger partial charge is 0.454 e. The number of carbonyl (C=O) groups excluding carboxylic acids is 2. The van der Waals surface area contributed by atoms with Gasteiger partial charge < -0.3 is 4.74 Å². The van der Waals surface area contributed by atoms with E-state index in [1.807, 2.05) is 13.8 Å². The number of hydrogen-bond acceptors (Lipinski definition) is 5. The maximum absolute atomic E-state index is 12.4. The zero-order valence-corrected chi connectivity index (χ0v) is 16.2. The highest BCUT2D eigenvalue weighted by Gasteiger charge is 2.32. The lowest BCUT2D eigenvalue weighted by atomic mass is 10.0. The van der Waals surface area contributed by atoms with Gasteiger partial charge in [-0.15, -0.1) is 0 Å². The molecule has 0 aliphatic carbocycles. The monoisotopic (exact) mass is 387 g/mol. The van der Waals surface area contributed by atoms with Gasteiger partial charge in [0.15, 0.2) is 12.4 Å². The number of aryl methyl sites for hydroxylation is 1. The molecular weight excluding hydrogens is 366 g/mol. The van der Waals surface area contributed by atoms with E-state index >= 15 is 0 Å². The molecular formula is C20H21NO5S. The Balaban J connectivity index is 1.71. The van der Waals surface area contributed by atoms with Crippen LogP contribution in [0.3, 0.4) is 0 Å². The van der Waals surface area contributed by atoms with Crippen molar-refractivity contribution in [3.05, 3.63) is 64.7 Å². The molecule has 0 fully saturated rings. The van der Waals surface area contributed by atoms with Crippen molar-refractivity contribution in [2.24, 2.45) is 0 Å². The zero-order valence-electron chi connectivity index (χ0n) is 15.4. The van der Waals surface area contributed by atoms with Crippen LogP contribution in [0.1, 0.15) is 38.8 Å². The first-order chi connectivity index (χ1) is 12.7. The average Bonchev–Trinajstić information content (AvgIpc) is 2.94. The number of rotatable bonds is 5. The van der Waals surface area contributed by atoms with E-state index in [0.29, 0.717) is 23.2 Å². The summed E-state index contributed by atoms with van der Waals surface area (Å²) in [4.78, 5) is 24.4. The Bertz CT molecular complexity index is 996. The molecule has 1 aliphatic heterocycles. The number of benzene rings is 2. The smallest absolute Gasteiger partial charge is 0.338 e. The second kappa shape index (κ2) is 7.15. The number of hydrogen-bond donors (Lipinski definition) is 0. The van der Waals surface area contributed by atoms with Crippen LogP contribution < -0.4 is 4.31 Å². The van der Waals surface area contributed by atoms with Gasteiger partial charge in [-0.25, -0.2) is 13.2 Å². The van der Waals surface area contributed by atoms with Gasteiger partial charge in [-0.1, -0.05) is 17.7 Å². The molecule has 2 aromatic rings. The van der Waals surface area contributed by atoms with Crippen molar-refractivity contribution in [3.63, 3.8) is 0 Å². The molecule has 7 heteroatoms. The predicted octanol–water partition coefficient (Wildman–Crippen LogP) is 2.75. The van der Waals surface area contributed by atoms with Crippen LogP contribution in [-0.2, 0) is 21.2 Å². The van der Waals surface area contributed by atoms with Gasteiger partial charge in [0.1, 0.15) is 0 Å². The van der Waals surface area contributed by atoms with Crippen molar-refractivity contribution < 1.29 is 22.7 Å². The molecule has 6 nitrogen and oxygen atoms in total. The van der Waals surface area contributed by atoms with E-state index in [1.165, 1.54) is 10.6 Å². The molecule has 0 spiro atoms.